The van der Waals surface area contributed by atoms with Gasteiger partial charge in [-0.25, -0.2) is 0 Å². The normalized spacial score (nSPS) is 17.1. The summed E-state index contributed by atoms with van der Waals surface area (Å²) in [7, 11) is 3.61. The zero-order chi connectivity index (χ0) is 17.7. The Labute approximate surface area is 143 Å². The van der Waals surface area contributed by atoms with E-state index in [2.05, 4.69) is 20.6 Å². The summed E-state index contributed by atoms with van der Waals surface area (Å²) in [5.41, 5.74) is 0.865. The minimum absolute atomic E-state index is 0.0354. The van der Waals surface area contributed by atoms with Crippen LogP contribution in [0.5, 0.6) is 0 Å². The summed E-state index contributed by atoms with van der Waals surface area (Å²) >= 11 is 0. The van der Waals surface area contributed by atoms with Gasteiger partial charge in [0.05, 0.1) is 12.7 Å². The number of likely N-dealkylation sites (N-methyl/N-ethyl adjacent to an activating group) is 1. The van der Waals surface area contributed by atoms with E-state index in [9.17, 15) is 9.59 Å². The SMILES string of the molecule is CNC(C(=O)N1CCN(CC(=O)NC(C)C)CC1)c1cnn(C)c1. The molecule has 2 rings (SSSR count). The van der Waals surface area contributed by atoms with E-state index in [4.69, 9.17) is 0 Å². The lowest BCUT2D eigenvalue weighted by atomic mass is 10.1. The van der Waals surface area contributed by atoms with E-state index in [-0.39, 0.29) is 23.9 Å². The minimum Gasteiger partial charge on any atom is -0.353 e. The van der Waals surface area contributed by atoms with Crippen LogP contribution in [0, 0.1) is 0 Å². The average molecular weight is 336 g/mol. The van der Waals surface area contributed by atoms with Crippen molar-refractivity contribution in [3.63, 3.8) is 0 Å². The highest BCUT2D eigenvalue weighted by molar-refractivity contribution is 5.83. The van der Waals surface area contributed by atoms with E-state index in [1.54, 1.807) is 17.9 Å². The predicted molar refractivity (Wildman–Crippen MR) is 91.3 cm³/mol. The topological polar surface area (TPSA) is 82.5 Å². The molecule has 0 aliphatic carbocycles. The number of hydrogen-bond acceptors (Lipinski definition) is 5. The van der Waals surface area contributed by atoms with Crippen LogP contribution in [-0.4, -0.2) is 77.2 Å². The maximum Gasteiger partial charge on any atom is 0.244 e. The van der Waals surface area contributed by atoms with E-state index in [0.29, 0.717) is 32.7 Å². The van der Waals surface area contributed by atoms with Crippen LogP contribution in [0.15, 0.2) is 12.4 Å². The first kappa shape index (κ1) is 18.4. The van der Waals surface area contributed by atoms with Gasteiger partial charge in [0.2, 0.25) is 11.8 Å². The van der Waals surface area contributed by atoms with Gasteiger partial charge >= 0.3 is 0 Å². The van der Waals surface area contributed by atoms with Crippen LogP contribution in [0.4, 0.5) is 0 Å². The number of aromatic nitrogens is 2. The fraction of sp³-hybridized carbons (Fsp3) is 0.688. The molecule has 2 N–H and O–H groups in total. The molecule has 2 amide bonds. The van der Waals surface area contributed by atoms with E-state index in [1.165, 1.54) is 0 Å². The molecule has 134 valence electrons. The Kier molecular flexibility index (Phi) is 6.33. The van der Waals surface area contributed by atoms with Crippen LogP contribution in [0.3, 0.4) is 0 Å². The lowest BCUT2D eigenvalue weighted by Crippen LogP contribution is -2.53. The third kappa shape index (κ3) is 4.78. The highest BCUT2D eigenvalue weighted by atomic mass is 16.2. The fourth-order valence-corrected chi connectivity index (χ4v) is 2.90. The van der Waals surface area contributed by atoms with Gasteiger partial charge in [-0.15, -0.1) is 0 Å². The van der Waals surface area contributed by atoms with Crippen molar-refractivity contribution in [1.82, 2.24) is 30.2 Å². The number of nitrogens with one attached hydrogen (secondary N) is 2. The number of aryl methyl sites for hydroxylation is 1. The molecule has 0 aromatic carbocycles. The molecule has 1 aromatic heterocycles. The monoisotopic (exact) mass is 336 g/mol. The molecule has 0 saturated carbocycles. The first-order valence-electron chi connectivity index (χ1n) is 8.37. The molecular weight excluding hydrogens is 308 g/mol. The number of carbonyl (C=O) groups is 2. The second-order valence-electron chi connectivity index (χ2n) is 6.49. The van der Waals surface area contributed by atoms with Crippen LogP contribution in [0.25, 0.3) is 0 Å². The molecule has 8 nitrogen and oxygen atoms in total. The molecule has 0 radical (unpaired) electrons. The Hall–Kier alpha value is -1.93. The molecule has 1 atom stereocenters. The third-order valence-corrected chi connectivity index (χ3v) is 4.09. The molecule has 1 aromatic rings. The highest BCUT2D eigenvalue weighted by Crippen LogP contribution is 2.16. The Balaban J connectivity index is 1.86. The van der Waals surface area contributed by atoms with Crippen molar-refractivity contribution in [2.24, 2.45) is 7.05 Å². The van der Waals surface area contributed by atoms with Crippen LogP contribution in [-0.2, 0) is 16.6 Å². The number of piperazine rings is 1. The van der Waals surface area contributed by atoms with Crippen LogP contribution in [0.2, 0.25) is 0 Å². The number of hydrogen-bond donors (Lipinski definition) is 2. The Morgan fingerprint density at radius 3 is 2.42 bits per heavy atom. The molecule has 1 aliphatic rings. The van der Waals surface area contributed by atoms with Crippen LogP contribution in [0.1, 0.15) is 25.5 Å². The van der Waals surface area contributed by atoms with E-state index < -0.39 is 0 Å². The summed E-state index contributed by atoms with van der Waals surface area (Å²) in [5.74, 6) is 0.0880. The first-order chi connectivity index (χ1) is 11.4. The third-order valence-electron chi connectivity index (χ3n) is 4.09. The quantitative estimate of drug-likeness (QED) is 0.721. The van der Waals surface area contributed by atoms with Crippen molar-refractivity contribution in [3.8, 4) is 0 Å². The average Bonchev–Trinajstić information content (AvgIpc) is 2.94. The standard InChI is InChI=1S/C16H28N6O2/c1-12(2)19-14(23)11-21-5-7-22(8-6-21)16(24)15(17-3)13-9-18-20(4)10-13/h9-10,12,15,17H,5-8,11H2,1-4H3,(H,19,23). The van der Waals surface area contributed by atoms with Crippen molar-refractivity contribution >= 4 is 11.8 Å². The molecule has 1 fully saturated rings. The van der Waals surface area contributed by atoms with Gasteiger partial charge in [-0.2, -0.15) is 5.10 Å². The minimum atomic E-state index is -0.380. The van der Waals surface area contributed by atoms with Crippen molar-refractivity contribution in [2.45, 2.75) is 25.9 Å². The van der Waals surface area contributed by atoms with E-state index in [1.807, 2.05) is 32.0 Å². The van der Waals surface area contributed by atoms with Gasteiger partial charge < -0.3 is 15.5 Å². The van der Waals surface area contributed by atoms with Gasteiger partial charge in [0, 0.05) is 51.0 Å². The summed E-state index contributed by atoms with van der Waals surface area (Å²) in [6.07, 6.45) is 3.57. The fourth-order valence-electron chi connectivity index (χ4n) is 2.90. The van der Waals surface area contributed by atoms with Gasteiger partial charge in [-0.3, -0.25) is 19.2 Å². The van der Waals surface area contributed by atoms with Crippen LogP contribution < -0.4 is 10.6 Å². The second-order valence-corrected chi connectivity index (χ2v) is 6.49. The number of rotatable bonds is 6. The maximum absolute atomic E-state index is 12.7. The van der Waals surface area contributed by atoms with Gasteiger partial charge in [0.15, 0.2) is 0 Å². The van der Waals surface area contributed by atoms with Crippen molar-refractivity contribution < 1.29 is 9.59 Å². The summed E-state index contributed by atoms with van der Waals surface area (Å²) in [6.45, 7) is 6.97. The van der Waals surface area contributed by atoms with Gasteiger partial charge in [0.1, 0.15) is 6.04 Å². The van der Waals surface area contributed by atoms with Gasteiger partial charge in [-0.05, 0) is 20.9 Å². The van der Waals surface area contributed by atoms with Crippen molar-refractivity contribution in [1.29, 1.82) is 0 Å². The lowest BCUT2D eigenvalue weighted by molar-refractivity contribution is -0.135. The molecule has 2 heterocycles. The summed E-state index contributed by atoms with van der Waals surface area (Å²) < 4.78 is 1.69. The zero-order valence-corrected chi connectivity index (χ0v) is 15.0. The highest BCUT2D eigenvalue weighted by Gasteiger charge is 2.28. The number of amides is 2. The van der Waals surface area contributed by atoms with E-state index in [0.717, 1.165) is 5.56 Å². The van der Waals surface area contributed by atoms with Crippen molar-refractivity contribution in [3.05, 3.63) is 18.0 Å². The molecule has 1 aliphatic heterocycles. The number of nitrogens with zero attached hydrogens (tertiary/aromatic N) is 4. The Morgan fingerprint density at radius 1 is 1.25 bits per heavy atom. The summed E-state index contributed by atoms with van der Waals surface area (Å²) in [6, 6.07) is -0.231. The smallest absolute Gasteiger partial charge is 0.244 e. The van der Waals surface area contributed by atoms with Gasteiger partial charge in [0.25, 0.3) is 0 Å². The molecule has 1 unspecified atom stereocenters. The molecule has 0 bridgehead atoms. The molecule has 0 spiro atoms. The lowest BCUT2D eigenvalue weighted by Gasteiger charge is -2.36. The predicted octanol–water partition coefficient (Wildman–Crippen LogP) is -0.651. The molecule has 24 heavy (non-hydrogen) atoms. The Bertz CT molecular complexity index is 563. The molecular formula is C16H28N6O2. The van der Waals surface area contributed by atoms with Crippen molar-refractivity contribution in [2.75, 3.05) is 39.8 Å². The Morgan fingerprint density at radius 2 is 1.92 bits per heavy atom. The summed E-state index contributed by atoms with van der Waals surface area (Å²) in [5, 5.41) is 10.1. The largest absolute Gasteiger partial charge is 0.353 e. The van der Waals surface area contributed by atoms with Gasteiger partial charge in [-0.1, -0.05) is 0 Å². The maximum atomic E-state index is 12.7. The second kappa shape index (κ2) is 8.25. The summed E-state index contributed by atoms with van der Waals surface area (Å²) in [4.78, 5) is 28.5. The first-order valence-corrected chi connectivity index (χ1v) is 8.37. The molecule has 1 saturated heterocycles. The van der Waals surface area contributed by atoms with E-state index >= 15 is 0 Å². The molecule has 8 heteroatoms. The number of carbonyl (C=O) groups excluding carboxylic acids is 2. The van der Waals surface area contributed by atoms with Crippen LogP contribution >= 0.6 is 0 Å². The zero-order valence-electron chi connectivity index (χ0n) is 15.0.